The third-order valence-corrected chi connectivity index (χ3v) is 3.97. The highest BCUT2D eigenvalue weighted by atomic mass is 35.5. The number of aryl methyl sites for hydroxylation is 1. The van der Waals surface area contributed by atoms with E-state index in [0.29, 0.717) is 11.3 Å². The Bertz CT molecular complexity index is 1010. The zero-order chi connectivity index (χ0) is 19.6. The summed E-state index contributed by atoms with van der Waals surface area (Å²) in [6, 6.07) is 7.99. The number of carbonyl (C=O) groups is 1. The Morgan fingerprint density at radius 2 is 2.00 bits per heavy atom. The van der Waals surface area contributed by atoms with Crippen LogP contribution < -0.4 is 5.43 Å². The number of hydrazone groups is 1. The van der Waals surface area contributed by atoms with Crippen LogP contribution in [0.4, 0.5) is 13.2 Å². The number of carbonyl (C=O) groups excluding carboxylic acids is 1. The van der Waals surface area contributed by atoms with Gasteiger partial charge in [-0.2, -0.15) is 18.3 Å². The highest BCUT2D eigenvalue weighted by Crippen LogP contribution is 2.37. The molecular weight excluding hydrogens is 385 g/mol. The van der Waals surface area contributed by atoms with E-state index in [1.54, 1.807) is 6.92 Å². The van der Waals surface area contributed by atoms with Crippen LogP contribution in [0.1, 0.15) is 27.4 Å². The maximum Gasteiger partial charge on any atom is 0.417 e. The summed E-state index contributed by atoms with van der Waals surface area (Å²) in [5, 5.41) is 3.36. The Morgan fingerprint density at radius 3 is 2.67 bits per heavy atom. The van der Waals surface area contributed by atoms with Crippen LogP contribution in [0.5, 0.6) is 0 Å². The van der Waals surface area contributed by atoms with Crippen LogP contribution in [-0.4, -0.2) is 12.1 Å². The fourth-order valence-electron chi connectivity index (χ4n) is 2.31. The van der Waals surface area contributed by atoms with Gasteiger partial charge < -0.3 is 8.83 Å². The van der Waals surface area contributed by atoms with E-state index < -0.39 is 22.7 Å². The Morgan fingerprint density at radius 1 is 1.22 bits per heavy atom. The zero-order valence-electron chi connectivity index (χ0n) is 13.8. The van der Waals surface area contributed by atoms with E-state index in [2.05, 4.69) is 10.5 Å². The van der Waals surface area contributed by atoms with Crippen molar-refractivity contribution in [2.45, 2.75) is 13.1 Å². The van der Waals surface area contributed by atoms with Crippen molar-refractivity contribution in [3.8, 4) is 11.3 Å². The molecule has 1 amide bonds. The molecule has 0 saturated heterocycles. The largest absolute Gasteiger partial charge is 0.469 e. The number of amides is 1. The van der Waals surface area contributed by atoms with E-state index in [-0.39, 0.29) is 17.1 Å². The number of alkyl halides is 3. The summed E-state index contributed by atoms with van der Waals surface area (Å²) in [7, 11) is 0. The second-order valence-electron chi connectivity index (χ2n) is 5.48. The monoisotopic (exact) mass is 396 g/mol. The van der Waals surface area contributed by atoms with Crippen LogP contribution in [0.2, 0.25) is 5.02 Å². The summed E-state index contributed by atoms with van der Waals surface area (Å²) in [4.78, 5) is 11.9. The Hall–Kier alpha value is -3.00. The highest BCUT2D eigenvalue weighted by Gasteiger charge is 2.33. The van der Waals surface area contributed by atoms with Gasteiger partial charge in [0.25, 0.3) is 5.91 Å². The van der Waals surface area contributed by atoms with Crippen LogP contribution in [0.15, 0.2) is 56.6 Å². The minimum Gasteiger partial charge on any atom is -0.469 e. The minimum atomic E-state index is -4.57. The van der Waals surface area contributed by atoms with Gasteiger partial charge in [0, 0.05) is 5.56 Å². The molecule has 0 radical (unpaired) electrons. The van der Waals surface area contributed by atoms with E-state index in [9.17, 15) is 18.0 Å². The van der Waals surface area contributed by atoms with Gasteiger partial charge in [-0.15, -0.1) is 0 Å². The molecule has 0 aliphatic heterocycles. The van der Waals surface area contributed by atoms with E-state index >= 15 is 0 Å². The summed E-state index contributed by atoms with van der Waals surface area (Å²) in [5.74, 6) is 0.441. The molecule has 0 aliphatic carbocycles. The number of nitrogens with zero attached hydrogens (tertiary/aromatic N) is 1. The molecule has 1 aromatic carbocycles. The average Bonchev–Trinajstić information content (AvgIpc) is 3.23. The second kappa shape index (κ2) is 7.32. The van der Waals surface area contributed by atoms with Crippen LogP contribution in [0, 0.1) is 6.92 Å². The molecule has 27 heavy (non-hydrogen) atoms. The summed E-state index contributed by atoms with van der Waals surface area (Å²) < 4.78 is 49.3. The van der Waals surface area contributed by atoms with Gasteiger partial charge in [-0.25, -0.2) is 5.43 Å². The third kappa shape index (κ3) is 4.22. The van der Waals surface area contributed by atoms with Gasteiger partial charge >= 0.3 is 6.18 Å². The molecule has 1 N–H and O–H groups in total. The van der Waals surface area contributed by atoms with Crippen molar-refractivity contribution in [2.24, 2.45) is 5.10 Å². The van der Waals surface area contributed by atoms with E-state index in [4.69, 9.17) is 20.4 Å². The lowest BCUT2D eigenvalue weighted by molar-refractivity contribution is -0.137. The molecule has 3 rings (SSSR count). The smallest absolute Gasteiger partial charge is 0.417 e. The standard InChI is InChI=1S/C18H12ClF3N2O3/c1-10-13(6-7-26-10)17(25)24-23-9-12-3-5-16(27-12)11-2-4-15(19)14(8-11)18(20,21)22/h2-9H,1H3,(H,24,25)/b23-9-. The van der Waals surface area contributed by atoms with Gasteiger partial charge in [0.1, 0.15) is 17.3 Å². The van der Waals surface area contributed by atoms with E-state index in [0.717, 1.165) is 12.1 Å². The molecule has 2 aromatic heterocycles. The van der Waals surface area contributed by atoms with Gasteiger partial charge in [0.2, 0.25) is 0 Å². The molecule has 0 aliphatic rings. The third-order valence-electron chi connectivity index (χ3n) is 3.64. The molecule has 0 spiro atoms. The molecule has 9 heteroatoms. The number of halogens is 4. The number of hydrogen-bond donors (Lipinski definition) is 1. The number of rotatable bonds is 4. The normalized spacial score (nSPS) is 11.9. The molecule has 0 saturated carbocycles. The minimum absolute atomic E-state index is 0.204. The topological polar surface area (TPSA) is 67.7 Å². The van der Waals surface area contributed by atoms with Gasteiger partial charge in [0.05, 0.1) is 28.6 Å². The SMILES string of the molecule is Cc1occc1C(=O)N/N=C\c1ccc(-c2ccc(Cl)c(C(F)(F)F)c2)o1. The maximum absolute atomic E-state index is 13.0. The molecule has 3 aromatic rings. The van der Waals surface area contributed by atoms with Crippen LogP contribution in [0.3, 0.4) is 0 Å². The first-order valence-electron chi connectivity index (χ1n) is 7.60. The molecule has 0 fully saturated rings. The van der Waals surface area contributed by atoms with E-state index in [1.165, 1.54) is 36.7 Å². The summed E-state index contributed by atoms with van der Waals surface area (Å²) in [6.45, 7) is 1.64. The predicted octanol–water partition coefficient (Wildman–Crippen LogP) is 5.28. The fraction of sp³-hybridized carbons (Fsp3) is 0.111. The molecule has 140 valence electrons. The Labute approximate surface area is 156 Å². The molecule has 2 heterocycles. The van der Waals surface area contributed by atoms with Gasteiger partial charge in [0.15, 0.2) is 0 Å². The summed E-state index contributed by atoms with van der Waals surface area (Å²) >= 11 is 5.61. The van der Waals surface area contributed by atoms with E-state index in [1.807, 2.05) is 0 Å². The van der Waals surface area contributed by atoms with Gasteiger partial charge in [-0.1, -0.05) is 11.6 Å². The van der Waals surface area contributed by atoms with Crippen molar-refractivity contribution in [3.05, 3.63) is 70.3 Å². The molecule has 0 unspecified atom stereocenters. The molecule has 0 bridgehead atoms. The number of furan rings is 2. The lowest BCUT2D eigenvalue weighted by Gasteiger charge is -2.09. The maximum atomic E-state index is 13.0. The first kappa shape index (κ1) is 18.8. The molecular formula is C18H12ClF3N2O3. The average molecular weight is 397 g/mol. The van der Waals surface area contributed by atoms with Gasteiger partial charge in [-0.05, 0) is 43.3 Å². The van der Waals surface area contributed by atoms with Crippen LogP contribution in [-0.2, 0) is 6.18 Å². The molecule has 5 nitrogen and oxygen atoms in total. The summed E-state index contributed by atoms with van der Waals surface area (Å²) in [6.07, 6.45) is -1.95. The van der Waals surface area contributed by atoms with Crippen molar-refractivity contribution in [2.75, 3.05) is 0 Å². The van der Waals surface area contributed by atoms with Crippen molar-refractivity contribution in [3.63, 3.8) is 0 Å². The van der Waals surface area contributed by atoms with Crippen LogP contribution in [0.25, 0.3) is 11.3 Å². The molecule has 0 atom stereocenters. The number of hydrogen-bond acceptors (Lipinski definition) is 4. The van der Waals surface area contributed by atoms with Crippen molar-refractivity contribution in [1.29, 1.82) is 0 Å². The summed E-state index contributed by atoms with van der Waals surface area (Å²) in [5.41, 5.74) is 1.91. The van der Waals surface area contributed by atoms with Crippen LogP contribution >= 0.6 is 11.6 Å². The predicted molar refractivity (Wildman–Crippen MR) is 92.7 cm³/mol. The fourth-order valence-corrected chi connectivity index (χ4v) is 2.53. The lowest BCUT2D eigenvalue weighted by atomic mass is 10.1. The Kier molecular flexibility index (Phi) is 5.09. The van der Waals surface area contributed by atoms with Crippen molar-refractivity contribution < 1.29 is 26.8 Å². The highest BCUT2D eigenvalue weighted by molar-refractivity contribution is 6.31. The second-order valence-corrected chi connectivity index (χ2v) is 5.89. The number of benzene rings is 1. The van der Waals surface area contributed by atoms with Crippen molar-refractivity contribution >= 4 is 23.7 Å². The quantitative estimate of drug-likeness (QED) is 0.481. The Balaban J connectivity index is 1.74. The lowest BCUT2D eigenvalue weighted by Crippen LogP contribution is -2.17. The zero-order valence-corrected chi connectivity index (χ0v) is 14.6. The van der Waals surface area contributed by atoms with Crippen molar-refractivity contribution in [1.82, 2.24) is 5.43 Å². The number of nitrogens with one attached hydrogen (secondary N) is 1. The first-order chi connectivity index (χ1) is 12.8. The van der Waals surface area contributed by atoms with Gasteiger partial charge in [-0.3, -0.25) is 4.79 Å². The first-order valence-corrected chi connectivity index (χ1v) is 7.98.